The van der Waals surface area contributed by atoms with E-state index in [0.29, 0.717) is 5.78 Å². The van der Waals surface area contributed by atoms with E-state index >= 15 is 0 Å². The van der Waals surface area contributed by atoms with Crippen LogP contribution >= 0.6 is 0 Å². The fraction of sp³-hybridized carbons (Fsp3) is 0.900. The van der Waals surface area contributed by atoms with Gasteiger partial charge in [-0.1, -0.05) is 26.2 Å². The van der Waals surface area contributed by atoms with Crippen molar-refractivity contribution in [3.8, 4) is 0 Å². The summed E-state index contributed by atoms with van der Waals surface area (Å²) >= 11 is 0. The maximum absolute atomic E-state index is 11.3. The van der Waals surface area contributed by atoms with Crippen LogP contribution in [0.15, 0.2) is 0 Å². The van der Waals surface area contributed by atoms with E-state index in [9.17, 15) is 4.79 Å². The van der Waals surface area contributed by atoms with Gasteiger partial charge in [0.15, 0.2) is 0 Å². The summed E-state index contributed by atoms with van der Waals surface area (Å²) in [5.74, 6) is 1.18. The molecule has 1 saturated carbocycles. The van der Waals surface area contributed by atoms with Crippen molar-refractivity contribution in [2.45, 2.75) is 39.0 Å². The zero-order valence-corrected chi connectivity index (χ0v) is 7.94. The van der Waals surface area contributed by atoms with E-state index in [1.165, 1.54) is 19.3 Å². The minimum Gasteiger partial charge on any atom is -0.317 e. The average molecular weight is 169 g/mol. The Labute approximate surface area is 74.7 Å². The van der Waals surface area contributed by atoms with Gasteiger partial charge in [0.25, 0.3) is 0 Å². The Morgan fingerprint density at radius 3 is 2.75 bits per heavy atom. The van der Waals surface area contributed by atoms with E-state index in [1.54, 1.807) is 0 Å². The summed E-state index contributed by atoms with van der Waals surface area (Å²) in [6, 6.07) is 0. The Balaban J connectivity index is 1.95. The van der Waals surface area contributed by atoms with Gasteiger partial charge in [0.1, 0.15) is 5.78 Å². The largest absolute Gasteiger partial charge is 0.317 e. The Kier molecular flexibility index (Phi) is 4.30. The van der Waals surface area contributed by atoms with Crippen molar-refractivity contribution in [3.63, 3.8) is 0 Å². The summed E-state index contributed by atoms with van der Waals surface area (Å²) in [6.07, 6.45) is 5.47. The van der Waals surface area contributed by atoms with Gasteiger partial charge in [0.2, 0.25) is 0 Å². The molecule has 1 aliphatic rings. The highest BCUT2D eigenvalue weighted by Gasteiger charge is 2.19. The molecule has 70 valence electrons. The summed E-state index contributed by atoms with van der Waals surface area (Å²) in [4.78, 5) is 11.3. The number of hydrogen-bond acceptors (Lipinski definition) is 2. The van der Waals surface area contributed by atoms with Crippen molar-refractivity contribution < 1.29 is 4.79 Å². The van der Waals surface area contributed by atoms with Crippen LogP contribution in [0.4, 0.5) is 0 Å². The van der Waals surface area contributed by atoms with Crippen molar-refractivity contribution in [2.75, 3.05) is 13.1 Å². The molecule has 0 aromatic heterocycles. The molecular weight excluding hydrogens is 150 g/mol. The second-order valence-electron chi connectivity index (χ2n) is 3.64. The van der Waals surface area contributed by atoms with Crippen molar-refractivity contribution in [3.05, 3.63) is 0 Å². The maximum atomic E-state index is 11.3. The van der Waals surface area contributed by atoms with E-state index < -0.39 is 0 Å². The SMILES string of the molecule is CCNCCC(=O)CC1CCC1. The van der Waals surface area contributed by atoms with Crippen molar-refractivity contribution >= 4 is 5.78 Å². The number of hydrogen-bond donors (Lipinski definition) is 1. The standard InChI is InChI=1S/C10H19NO/c1-2-11-7-6-10(12)8-9-4-3-5-9/h9,11H,2-8H2,1H3. The van der Waals surface area contributed by atoms with Crippen LogP contribution in [0.5, 0.6) is 0 Å². The van der Waals surface area contributed by atoms with Gasteiger partial charge >= 0.3 is 0 Å². The van der Waals surface area contributed by atoms with Crippen molar-refractivity contribution in [1.29, 1.82) is 0 Å². The first-order valence-corrected chi connectivity index (χ1v) is 5.05. The molecule has 0 radical (unpaired) electrons. The monoisotopic (exact) mass is 169 g/mol. The number of rotatable bonds is 6. The quantitative estimate of drug-likeness (QED) is 0.614. The highest BCUT2D eigenvalue weighted by Crippen LogP contribution is 2.29. The molecule has 12 heavy (non-hydrogen) atoms. The molecule has 0 atom stereocenters. The lowest BCUT2D eigenvalue weighted by Gasteiger charge is -2.24. The van der Waals surface area contributed by atoms with E-state index in [-0.39, 0.29) is 0 Å². The predicted molar refractivity (Wildman–Crippen MR) is 50.1 cm³/mol. The fourth-order valence-electron chi connectivity index (χ4n) is 1.53. The zero-order chi connectivity index (χ0) is 8.81. The Morgan fingerprint density at radius 2 is 2.25 bits per heavy atom. The second kappa shape index (κ2) is 5.31. The first kappa shape index (κ1) is 9.72. The molecular formula is C10H19NO. The fourth-order valence-corrected chi connectivity index (χ4v) is 1.53. The Hall–Kier alpha value is -0.370. The van der Waals surface area contributed by atoms with Crippen molar-refractivity contribution in [2.24, 2.45) is 5.92 Å². The van der Waals surface area contributed by atoms with Crippen LogP contribution in [0.3, 0.4) is 0 Å². The van der Waals surface area contributed by atoms with Gasteiger partial charge in [-0.15, -0.1) is 0 Å². The summed E-state index contributed by atoms with van der Waals surface area (Å²) in [7, 11) is 0. The topological polar surface area (TPSA) is 29.1 Å². The van der Waals surface area contributed by atoms with Crippen LogP contribution in [-0.4, -0.2) is 18.9 Å². The molecule has 1 fully saturated rings. The molecule has 0 amide bonds. The lowest BCUT2D eigenvalue weighted by atomic mass is 9.81. The highest BCUT2D eigenvalue weighted by molar-refractivity contribution is 5.78. The number of carbonyl (C=O) groups is 1. The third-order valence-corrected chi connectivity index (χ3v) is 2.57. The molecule has 0 aromatic carbocycles. The zero-order valence-electron chi connectivity index (χ0n) is 7.94. The Bertz CT molecular complexity index is 141. The van der Waals surface area contributed by atoms with Crippen LogP contribution in [0, 0.1) is 5.92 Å². The molecule has 0 unspecified atom stereocenters. The van der Waals surface area contributed by atoms with Crippen LogP contribution in [0.1, 0.15) is 39.0 Å². The van der Waals surface area contributed by atoms with Crippen LogP contribution in [-0.2, 0) is 4.79 Å². The van der Waals surface area contributed by atoms with Crippen LogP contribution < -0.4 is 5.32 Å². The van der Waals surface area contributed by atoms with Gasteiger partial charge in [-0.3, -0.25) is 4.79 Å². The molecule has 0 spiro atoms. The summed E-state index contributed by atoms with van der Waals surface area (Å²) in [6.45, 7) is 3.90. The third-order valence-electron chi connectivity index (χ3n) is 2.57. The molecule has 2 heteroatoms. The normalized spacial score (nSPS) is 17.4. The lowest BCUT2D eigenvalue weighted by molar-refractivity contribution is -0.120. The lowest BCUT2D eigenvalue weighted by Crippen LogP contribution is -2.21. The van der Waals surface area contributed by atoms with E-state index in [2.05, 4.69) is 12.2 Å². The maximum Gasteiger partial charge on any atom is 0.134 e. The third kappa shape index (κ3) is 3.35. The molecule has 1 rings (SSSR count). The minimum atomic E-state index is 0.445. The number of carbonyl (C=O) groups excluding carboxylic acids is 1. The molecule has 1 N–H and O–H groups in total. The smallest absolute Gasteiger partial charge is 0.134 e. The Morgan fingerprint density at radius 1 is 1.50 bits per heavy atom. The molecule has 0 aromatic rings. The van der Waals surface area contributed by atoms with Gasteiger partial charge in [-0.25, -0.2) is 0 Å². The molecule has 0 heterocycles. The first-order chi connectivity index (χ1) is 5.83. The highest BCUT2D eigenvalue weighted by atomic mass is 16.1. The first-order valence-electron chi connectivity index (χ1n) is 5.05. The van der Waals surface area contributed by atoms with E-state index in [1.807, 2.05) is 0 Å². The van der Waals surface area contributed by atoms with Crippen molar-refractivity contribution in [1.82, 2.24) is 5.32 Å². The van der Waals surface area contributed by atoms with Gasteiger partial charge < -0.3 is 5.32 Å². The number of Topliss-reactive ketones (excluding diaryl/α,β-unsaturated/α-hetero) is 1. The van der Waals surface area contributed by atoms with Crippen LogP contribution in [0.2, 0.25) is 0 Å². The molecule has 0 bridgehead atoms. The summed E-state index contributed by atoms with van der Waals surface area (Å²) < 4.78 is 0. The minimum absolute atomic E-state index is 0.445. The predicted octanol–water partition coefficient (Wildman–Crippen LogP) is 1.75. The van der Waals surface area contributed by atoms with Crippen LogP contribution in [0.25, 0.3) is 0 Å². The van der Waals surface area contributed by atoms with Gasteiger partial charge in [0, 0.05) is 19.4 Å². The summed E-state index contributed by atoms with van der Waals surface area (Å²) in [5.41, 5.74) is 0. The number of nitrogens with one attached hydrogen (secondary N) is 1. The number of ketones is 1. The van der Waals surface area contributed by atoms with Gasteiger partial charge in [0.05, 0.1) is 0 Å². The summed E-state index contributed by atoms with van der Waals surface area (Å²) in [5, 5.41) is 3.17. The van der Waals surface area contributed by atoms with E-state index in [4.69, 9.17) is 0 Å². The molecule has 1 aliphatic carbocycles. The van der Waals surface area contributed by atoms with Gasteiger partial charge in [-0.2, -0.15) is 0 Å². The molecule has 0 saturated heterocycles. The van der Waals surface area contributed by atoms with Gasteiger partial charge in [-0.05, 0) is 12.5 Å². The molecule has 0 aliphatic heterocycles. The molecule has 2 nitrogen and oxygen atoms in total. The second-order valence-corrected chi connectivity index (χ2v) is 3.64. The van der Waals surface area contributed by atoms with E-state index in [0.717, 1.165) is 31.8 Å². The average Bonchev–Trinajstić information content (AvgIpc) is 1.98.